The first-order chi connectivity index (χ1) is 9.11. The SMILES string of the molecule is CCSc1ccc(C(=O)c2cc(Cl)ccc2Cl)cc1. The van der Waals surface area contributed by atoms with Gasteiger partial charge in [-0.1, -0.05) is 30.1 Å². The molecule has 0 saturated heterocycles. The molecule has 0 aliphatic rings. The van der Waals surface area contributed by atoms with E-state index in [4.69, 9.17) is 23.2 Å². The van der Waals surface area contributed by atoms with Gasteiger partial charge in [-0.3, -0.25) is 4.79 Å². The maximum atomic E-state index is 12.3. The lowest BCUT2D eigenvalue weighted by atomic mass is 10.0. The van der Waals surface area contributed by atoms with Crippen LogP contribution in [0.2, 0.25) is 10.0 Å². The van der Waals surface area contributed by atoms with Crippen molar-refractivity contribution < 1.29 is 4.79 Å². The Balaban J connectivity index is 2.30. The molecule has 0 aromatic heterocycles. The Hall–Kier alpha value is -0.960. The number of carbonyl (C=O) groups excluding carboxylic acids is 1. The zero-order valence-corrected chi connectivity index (χ0v) is 12.6. The van der Waals surface area contributed by atoms with Crippen molar-refractivity contribution in [2.45, 2.75) is 11.8 Å². The average molecular weight is 311 g/mol. The van der Waals surface area contributed by atoms with Crippen molar-refractivity contribution in [1.29, 1.82) is 0 Å². The third kappa shape index (κ3) is 3.53. The smallest absolute Gasteiger partial charge is 0.194 e. The quantitative estimate of drug-likeness (QED) is 0.560. The summed E-state index contributed by atoms with van der Waals surface area (Å²) in [4.78, 5) is 13.5. The van der Waals surface area contributed by atoms with Gasteiger partial charge in [0.1, 0.15) is 0 Å². The molecule has 0 saturated carbocycles. The lowest BCUT2D eigenvalue weighted by Crippen LogP contribution is -2.02. The van der Waals surface area contributed by atoms with E-state index in [1.54, 1.807) is 30.0 Å². The summed E-state index contributed by atoms with van der Waals surface area (Å²) in [5.41, 5.74) is 1.05. The van der Waals surface area contributed by atoms with E-state index in [9.17, 15) is 4.79 Å². The maximum Gasteiger partial charge on any atom is 0.194 e. The molecule has 0 aliphatic heterocycles. The highest BCUT2D eigenvalue weighted by Crippen LogP contribution is 2.24. The van der Waals surface area contributed by atoms with Crippen molar-refractivity contribution in [3.8, 4) is 0 Å². The summed E-state index contributed by atoms with van der Waals surface area (Å²) >= 11 is 13.7. The van der Waals surface area contributed by atoms with Crippen LogP contribution in [0.25, 0.3) is 0 Å². The Morgan fingerprint density at radius 1 is 1.11 bits per heavy atom. The Kier molecular flexibility index (Phi) is 4.92. The van der Waals surface area contributed by atoms with Crippen LogP contribution in [0.4, 0.5) is 0 Å². The van der Waals surface area contributed by atoms with E-state index in [1.165, 1.54) is 0 Å². The first-order valence-electron chi connectivity index (χ1n) is 5.84. The lowest BCUT2D eigenvalue weighted by Gasteiger charge is -2.05. The zero-order chi connectivity index (χ0) is 13.8. The van der Waals surface area contributed by atoms with Gasteiger partial charge in [0.2, 0.25) is 0 Å². The molecule has 0 spiro atoms. The van der Waals surface area contributed by atoms with E-state index in [-0.39, 0.29) is 5.78 Å². The van der Waals surface area contributed by atoms with Crippen molar-refractivity contribution in [2.24, 2.45) is 0 Å². The molecule has 0 fully saturated rings. The predicted molar refractivity (Wildman–Crippen MR) is 82.7 cm³/mol. The molecule has 0 amide bonds. The highest BCUT2D eigenvalue weighted by Gasteiger charge is 2.13. The van der Waals surface area contributed by atoms with E-state index in [0.717, 1.165) is 10.6 Å². The van der Waals surface area contributed by atoms with Gasteiger partial charge < -0.3 is 0 Å². The zero-order valence-electron chi connectivity index (χ0n) is 10.3. The number of halogens is 2. The first-order valence-corrected chi connectivity index (χ1v) is 7.58. The van der Waals surface area contributed by atoms with E-state index in [1.807, 2.05) is 24.3 Å². The highest BCUT2D eigenvalue weighted by atomic mass is 35.5. The topological polar surface area (TPSA) is 17.1 Å². The molecule has 0 aliphatic carbocycles. The molecule has 0 atom stereocenters. The number of benzene rings is 2. The number of hydrogen-bond acceptors (Lipinski definition) is 2. The van der Waals surface area contributed by atoms with Gasteiger partial charge >= 0.3 is 0 Å². The summed E-state index contributed by atoms with van der Waals surface area (Å²) in [6.07, 6.45) is 0. The Bertz CT molecular complexity index is 594. The standard InChI is InChI=1S/C15H12Cl2OS/c1-2-19-12-6-3-10(4-7-12)15(18)13-9-11(16)5-8-14(13)17/h3-9H,2H2,1H3. The van der Waals surface area contributed by atoms with Crippen LogP contribution in [0.1, 0.15) is 22.8 Å². The number of thioether (sulfide) groups is 1. The van der Waals surface area contributed by atoms with Crippen molar-refractivity contribution in [2.75, 3.05) is 5.75 Å². The molecular formula is C15H12Cl2OS. The number of ketones is 1. The molecule has 0 N–H and O–H groups in total. The molecule has 19 heavy (non-hydrogen) atoms. The molecule has 2 aromatic rings. The minimum Gasteiger partial charge on any atom is -0.289 e. The second-order valence-corrected chi connectivity index (χ2v) is 6.09. The Morgan fingerprint density at radius 2 is 1.79 bits per heavy atom. The Morgan fingerprint density at radius 3 is 2.42 bits per heavy atom. The second kappa shape index (κ2) is 6.47. The minimum absolute atomic E-state index is 0.111. The van der Waals surface area contributed by atoms with Gasteiger partial charge in [-0.25, -0.2) is 0 Å². The van der Waals surface area contributed by atoms with E-state index in [2.05, 4.69) is 6.92 Å². The maximum absolute atomic E-state index is 12.3. The molecule has 0 unspecified atom stereocenters. The first kappa shape index (κ1) is 14.4. The van der Waals surface area contributed by atoms with E-state index < -0.39 is 0 Å². The van der Waals surface area contributed by atoms with Gasteiger partial charge in [0.15, 0.2) is 5.78 Å². The molecule has 2 aromatic carbocycles. The summed E-state index contributed by atoms with van der Waals surface area (Å²) < 4.78 is 0. The fourth-order valence-corrected chi connectivity index (χ4v) is 2.73. The van der Waals surface area contributed by atoms with Crippen LogP contribution < -0.4 is 0 Å². The molecule has 98 valence electrons. The molecule has 1 nitrogen and oxygen atoms in total. The number of rotatable bonds is 4. The molecule has 2 rings (SSSR count). The summed E-state index contributed by atoms with van der Waals surface area (Å²) in [6.45, 7) is 2.09. The molecular weight excluding hydrogens is 299 g/mol. The summed E-state index contributed by atoms with van der Waals surface area (Å²) in [5.74, 6) is 0.897. The van der Waals surface area contributed by atoms with E-state index >= 15 is 0 Å². The highest BCUT2D eigenvalue weighted by molar-refractivity contribution is 7.99. The van der Waals surface area contributed by atoms with E-state index in [0.29, 0.717) is 21.2 Å². The second-order valence-electron chi connectivity index (χ2n) is 3.91. The predicted octanol–water partition coefficient (Wildman–Crippen LogP) is 5.34. The van der Waals surface area contributed by atoms with Gasteiger partial charge in [0, 0.05) is 21.0 Å². The number of carbonyl (C=O) groups is 1. The molecule has 0 heterocycles. The van der Waals surface area contributed by atoms with Gasteiger partial charge in [0.25, 0.3) is 0 Å². The van der Waals surface area contributed by atoms with Crippen LogP contribution in [-0.2, 0) is 0 Å². The number of hydrogen-bond donors (Lipinski definition) is 0. The van der Waals surface area contributed by atoms with Gasteiger partial charge in [-0.05, 0) is 48.2 Å². The fraction of sp³-hybridized carbons (Fsp3) is 0.133. The molecule has 0 radical (unpaired) electrons. The minimum atomic E-state index is -0.111. The average Bonchev–Trinajstić information content (AvgIpc) is 2.42. The van der Waals surface area contributed by atoms with Crippen molar-refractivity contribution in [1.82, 2.24) is 0 Å². The normalized spacial score (nSPS) is 10.5. The lowest BCUT2D eigenvalue weighted by molar-refractivity contribution is 0.103. The van der Waals surface area contributed by atoms with Gasteiger partial charge in [0.05, 0.1) is 5.02 Å². The van der Waals surface area contributed by atoms with Crippen molar-refractivity contribution in [3.63, 3.8) is 0 Å². The third-order valence-corrected chi connectivity index (χ3v) is 4.06. The Labute approximate surface area is 126 Å². The summed E-state index contributed by atoms with van der Waals surface area (Å²) in [7, 11) is 0. The largest absolute Gasteiger partial charge is 0.289 e. The van der Waals surface area contributed by atoms with Crippen LogP contribution in [0.3, 0.4) is 0 Å². The van der Waals surface area contributed by atoms with Crippen LogP contribution in [0.15, 0.2) is 47.4 Å². The van der Waals surface area contributed by atoms with Crippen molar-refractivity contribution >= 4 is 40.7 Å². The third-order valence-electron chi connectivity index (χ3n) is 2.60. The summed E-state index contributed by atoms with van der Waals surface area (Å²) in [5, 5.41) is 0.923. The van der Waals surface area contributed by atoms with Gasteiger partial charge in [-0.2, -0.15) is 0 Å². The summed E-state index contributed by atoms with van der Waals surface area (Å²) in [6, 6.07) is 12.4. The van der Waals surface area contributed by atoms with Crippen molar-refractivity contribution in [3.05, 3.63) is 63.6 Å². The van der Waals surface area contributed by atoms with Crippen LogP contribution in [0.5, 0.6) is 0 Å². The van der Waals surface area contributed by atoms with Crippen LogP contribution in [-0.4, -0.2) is 11.5 Å². The van der Waals surface area contributed by atoms with Crippen LogP contribution in [0, 0.1) is 0 Å². The monoisotopic (exact) mass is 310 g/mol. The van der Waals surface area contributed by atoms with Gasteiger partial charge in [-0.15, -0.1) is 11.8 Å². The van der Waals surface area contributed by atoms with Crippen LogP contribution >= 0.6 is 35.0 Å². The molecule has 4 heteroatoms. The fourth-order valence-electron chi connectivity index (χ4n) is 1.70. The molecule has 0 bridgehead atoms.